The lowest BCUT2D eigenvalue weighted by Crippen LogP contribution is -2.22. The van der Waals surface area contributed by atoms with Crippen LogP contribution in [0, 0.1) is 23.4 Å². The van der Waals surface area contributed by atoms with Crippen LogP contribution in [0.5, 0.6) is 0 Å². The summed E-state index contributed by atoms with van der Waals surface area (Å²) in [7, 11) is 0. The van der Waals surface area contributed by atoms with Crippen LogP contribution in [0.25, 0.3) is 0 Å². The third-order valence-corrected chi connectivity index (χ3v) is 2.62. The molecule has 0 aliphatic rings. The minimum absolute atomic E-state index is 0.144. The zero-order chi connectivity index (χ0) is 12.5. The van der Waals surface area contributed by atoms with Crippen molar-refractivity contribution < 1.29 is 18.3 Å². The largest absolute Gasteiger partial charge is 0.393 e. The number of aliphatic hydroxyl groups is 1. The highest BCUT2D eigenvalue weighted by atomic mass is 19.1. The molecular formula is C12H15F3O. The van der Waals surface area contributed by atoms with Gasteiger partial charge in [0.25, 0.3) is 0 Å². The summed E-state index contributed by atoms with van der Waals surface area (Å²) >= 11 is 0. The van der Waals surface area contributed by atoms with Gasteiger partial charge in [-0.3, -0.25) is 0 Å². The molecule has 0 amide bonds. The molecule has 0 bridgehead atoms. The van der Waals surface area contributed by atoms with Gasteiger partial charge in [0.1, 0.15) is 17.5 Å². The van der Waals surface area contributed by atoms with E-state index in [1.54, 1.807) is 13.8 Å². The van der Waals surface area contributed by atoms with Crippen LogP contribution in [0.2, 0.25) is 0 Å². The zero-order valence-corrected chi connectivity index (χ0v) is 9.47. The Morgan fingerprint density at radius 2 is 1.44 bits per heavy atom. The predicted molar refractivity (Wildman–Crippen MR) is 55.6 cm³/mol. The van der Waals surface area contributed by atoms with Crippen LogP contribution in [0.3, 0.4) is 0 Å². The third-order valence-electron chi connectivity index (χ3n) is 2.62. The minimum atomic E-state index is -0.952. The molecule has 90 valence electrons. The van der Waals surface area contributed by atoms with Gasteiger partial charge in [-0.2, -0.15) is 0 Å². The second-order valence-corrected chi connectivity index (χ2v) is 4.29. The molecule has 0 radical (unpaired) electrons. The van der Waals surface area contributed by atoms with Gasteiger partial charge in [-0.1, -0.05) is 13.8 Å². The van der Waals surface area contributed by atoms with Crippen molar-refractivity contribution in [1.82, 2.24) is 0 Å². The molecule has 1 aromatic carbocycles. The molecule has 0 aliphatic carbocycles. The van der Waals surface area contributed by atoms with Gasteiger partial charge in [-0.15, -0.1) is 0 Å². The number of hydrogen-bond donors (Lipinski definition) is 1. The second-order valence-electron chi connectivity index (χ2n) is 4.29. The summed E-state index contributed by atoms with van der Waals surface area (Å²) in [5, 5.41) is 9.53. The Morgan fingerprint density at radius 3 is 1.75 bits per heavy atom. The second kappa shape index (κ2) is 4.87. The molecule has 0 saturated carbocycles. The number of hydrogen-bond acceptors (Lipinski definition) is 1. The van der Waals surface area contributed by atoms with Gasteiger partial charge in [0, 0.05) is 23.6 Å². The van der Waals surface area contributed by atoms with Gasteiger partial charge in [0.15, 0.2) is 0 Å². The predicted octanol–water partition coefficient (Wildman–Crippen LogP) is 3.22. The summed E-state index contributed by atoms with van der Waals surface area (Å²) < 4.78 is 39.7. The van der Waals surface area contributed by atoms with Crippen LogP contribution in [0.15, 0.2) is 12.1 Å². The Morgan fingerprint density at radius 1 is 1.00 bits per heavy atom. The van der Waals surface area contributed by atoms with E-state index in [-0.39, 0.29) is 11.5 Å². The molecule has 2 unspecified atom stereocenters. The lowest BCUT2D eigenvalue weighted by atomic mass is 9.84. The van der Waals surface area contributed by atoms with Gasteiger partial charge in [0.05, 0.1) is 6.10 Å². The fourth-order valence-electron chi connectivity index (χ4n) is 2.00. The van der Waals surface area contributed by atoms with Crippen LogP contribution in [0.4, 0.5) is 13.2 Å². The van der Waals surface area contributed by atoms with E-state index in [1.165, 1.54) is 6.92 Å². The van der Waals surface area contributed by atoms with Crippen molar-refractivity contribution in [1.29, 1.82) is 0 Å². The van der Waals surface area contributed by atoms with Crippen molar-refractivity contribution in [3.8, 4) is 0 Å². The first-order chi connectivity index (χ1) is 7.34. The highest BCUT2D eigenvalue weighted by molar-refractivity contribution is 5.26. The topological polar surface area (TPSA) is 20.2 Å². The van der Waals surface area contributed by atoms with E-state index in [9.17, 15) is 18.3 Å². The maximum Gasteiger partial charge on any atom is 0.132 e. The Labute approximate surface area is 92.9 Å². The molecule has 4 heteroatoms. The fourth-order valence-corrected chi connectivity index (χ4v) is 2.00. The zero-order valence-electron chi connectivity index (χ0n) is 9.47. The summed E-state index contributed by atoms with van der Waals surface area (Å²) in [6.07, 6.45) is -0.894. The van der Waals surface area contributed by atoms with E-state index in [0.717, 1.165) is 0 Å². The Bertz CT molecular complexity index is 344. The standard InChI is InChI=1S/C12H15F3O/c1-6(2)11(7(3)16)12-9(14)4-8(13)5-10(12)15/h4-7,11,16H,1-3H3. The van der Waals surface area contributed by atoms with Gasteiger partial charge >= 0.3 is 0 Å². The minimum Gasteiger partial charge on any atom is -0.393 e. The summed E-state index contributed by atoms with van der Waals surface area (Å²) in [5.41, 5.74) is -0.244. The fraction of sp³-hybridized carbons (Fsp3) is 0.500. The molecule has 1 nitrogen and oxygen atoms in total. The summed E-state index contributed by atoms with van der Waals surface area (Å²) in [5.74, 6) is -3.67. The molecule has 0 aliphatic heterocycles. The Kier molecular flexibility index (Phi) is 3.97. The quantitative estimate of drug-likeness (QED) is 0.848. The number of halogens is 3. The number of aliphatic hydroxyl groups excluding tert-OH is 1. The van der Waals surface area contributed by atoms with Gasteiger partial charge in [-0.05, 0) is 12.8 Å². The molecule has 1 N–H and O–H groups in total. The van der Waals surface area contributed by atoms with Gasteiger partial charge in [0.2, 0.25) is 0 Å². The smallest absolute Gasteiger partial charge is 0.132 e. The Hall–Kier alpha value is -1.03. The Balaban J connectivity index is 3.29. The van der Waals surface area contributed by atoms with Crippen molar-refractivity contribution in [3.05, 3.63) is 35.1 Å². The van der Waals surface area contributed by atoms with Crippen molar-refractivity contribution >= 4 is 0 Å². The van der Waals surface area contributed by atoms with Crippen LogP contribution >= 0.6 is 0 Å². The highest BCUT2D eigenvalue weighted by Crippen LogP contribution is 2.32. The number of rotatable bonds is 3. The van der Waals surface area contributed by atoms with E-state index < -0.39 is 29.5 Å². The maximum absolute atomic E-state index is 13.5. The summed E-state index contributed by atoms with van der Waals surface area (Å²) in [4.78, 5) is 0. The summed E-state index contributed by atoms with van der Waals surface area (Å²) in [6.45, 7) is 4.96. The third kappa shape index (κ3) is 2.55. The van der Waals surface area contributed by atoms with Crippen molar-refractivity contribution in [2.75, 3.05) is 0 Å². The summed E-state index contributed by atoms with van der Waals surface area (Å²) in [6, 6.07) is 1.27. The molecule has 1 rings (SSSR count). The molecule has 0 aromatic heterocycles. The average molecular weight is 232 g/mol. The molecule has 2 atom stereocenters. The monoisotopic (exact) mass is 232 g/mol. The van der Waals surface area contributed by atoms with E-state index in [0.29, 0.717) is 12.1 Å². The average Bonchev–Trinajstić information content (AvgIpc) is 2.09. The molecule has 0 saturated heterocycles. The van der Waals surface area contributed by atoms with E-state index in [1.807, 2.05) is 0 Å². The molecular weight excluding hydrogens is 217 g/mol. The van der Waals surface area contributed by atoms with Crippen molar-refractivity contribution in [3.63, 3.8) is 0 Å². The lowest BCUT2D eigenvalue weighted by Gasteiger charge is -2.25. The van der Waals surface area contributed by atoms with Crippen LogP contribution < -0.4 is 0 Å². The molecule has 0 spiro atoms. The van der Waals surface area contributed by atoms with Gasteiger partial charge < -0.3 is 5.11 Å². The molecule has 0 heterocycles. The molecule has 1 aromatic rings. The molecule has 16 heavy (non-hydrogen) atoms. The lowest BCUT2D eigenvalue weighted by molar-refractivity contribution is 0.135. The van der Waals surface area contributed by atoms with Crippen LogP contribution in [0.1, 0.15) is 32.3 Å². The first-order valence-corrected chi connectivity index (χ1v) is 5.17. The van der Waals surface area contributed by atoms with Crippen LogP contribution in [-0.4, -0.2) is 11.2 Å². The first kappa shape index (κ1) is 13.0. The number of benzene rings is 1. The normalized spacial score (nSPS) is 15.2. The molecule has 0 fully saturated rings. The maximum atomic E-state index is 13.5. The van der Waals surface area contributed by atoms with E-state index in [2.05, 4.69) is 0 Å². The van der Waals surface area contributed by atoms with E-state index in [4.69, 9.17) is 0 Å². The van der Waals surface area contributed by atoms with E-state index >= 15 is 0 Å². The van der Waals surface area contributed by atoms with Crippen molar-refractivity contribution in [2.24, 2.45) is 5.92 Å². The SMILES string of the molecule is CC(C)C(c1c(F)cc(F)cc1F)C(C)O. The highest BCUT2D eigenvalue weighted by Gasteiger charge is 2.27. The first-order valence-electron chi connectivity index (χ1n) is 5.17. The van der Waals surface area contributed by atoms with Gasteiger partial charge in [-0.25, -0.2) is 13.2 Å². The van der Waals surface area contributed by atoms with Crippen LogP contribution in [-0.2, 0) is 0 Å². The van der Waals surface area contributed by atoms with Crippen molar-refractivity contribution in [2.45, 2.75) is 32.8 Å².